The van der Waals surface area contributed by atoms with Gasteiger partial charge in [-0.05, 0) is 21.9 Å². The summed E-state index contributed by atoms with van der Waals surface area (Å²) in [5, 5.41) is 2.63. The lowest BCUT2D eigenvalue weighted by atomic mass is 10.0. The van der Waals surface area contributed by atoms with E-state index in [1.54, 1.807) is 0 Å². The summed E-state index contributed by atoms with van der Waals surface area (Å²) in [6.45, 7) is 2.19. The Morgan fingerprint density at radius 3 is 2.50 bits per heavy atom. The Bertz CT molecular complexity index is 434. The van der Waals surface area contributed by atoms with E-state index in [9.17, 15) is 0 Å². The molecule has 0 aliphatic heterocycles. The van der Waals surface area contributed by atoms with E-state index in [2.05, 4.69) is 59.6 Å². The maximum Gasteiger partial charge on any atom is 0.0331 e. The van der Waals surface area contributed by atoms with E-state index in [1.807, 2.05) is 0 Å². The van der Waals surface area contributed by atoms with Crippen molar-refractivity contribution < 1.29 is 0 Å². The predicted molar refractivity (Wildman–Crippen MR) is 62.7 cm³/mol. The van der Waals surface area contributed by atoms with Crippen molar-refractivity contribution in [3.05, 3.63) is 48.0 Å². The van der Waals surface area contributed by atoms with Gasteiger partial charge in [-0.25, -0.2) is 0 Å². The zero-order chi connectivity index (χ0) is 9.97. The normalized spacial score (nSPS) is 13.0. The molecule has 0 saturated heterocycles. The van der Waals surface area contributed by atoms with Gasteiger partial charge in [0.25, 0.3) is 0 Å². The minimum absolute atomic E-state index is 0.472. The lowest BCUT2D eigenvalue weighted by Crippen LogP contribution is -1.95. The van der Waals surface area contributed by atoms with E-state index in [4.69, 9.17) is 0 Å². The fraction of sp³-hybridized carbons (Fsp3) is 0.231. The molecule has 14 heavy (non-hydrogen) atoms. The third-order valence-corrected chi connectivity index (χ3v) is 3.33. The minimum atomic E-state index is 0.472. The van der Waals surface area contributed by atoms with Crippen LogP contribution in [0, 0.1) is 0 Å². The lowest BCUT2D eigenvalue weighted by Gasteiger charge is -2.09. The molecule has 1 atom stereocenters. The first-order valence-electron chi connectivity index (χ1n) is 5.01. The summed E-state index contributed by atoms with van der Waals surface area (Å²) in [5.41, 5.74) is 1.84. The molecule has 0 nitrogen and oxygen atoms in total. The van der Waals surface area contributed by atoms with Crippen molar-refractivity contribution in [3.8, 4) is 0 Å². The first-order chi connectivity index (χ1) is 6.81. The van der Waals surface area contributed by atoms with Gasteiger partial charge < -0.3 is 0 Å². The SMILES string of the molecule is CCC([Si])c1ccc2ccccc2c1. The lowest BCUT2D eigenvalue weighted by molar-refractivity contribution is 0.884. The van der Waals surface area contributed by atoms with Crippen LogP contribution in [0.2, 0.25) is 0 Å². The Balaban J connectivity index is 2.51. The number of hydrogen-bond acceptors (Lipinski definition) is 0. The monoisotopic (exact) mass is 197 g/mol. The summed E-state index contributed by atoms with van der Waals surface area (Å²) in [7, 11) is 3.72. The average molecular weight is 197 g/mol. The first-order valence-corrected chi connectivity index (χ1v) is 5.59. The fourth-order valence-electron chi connectivity index (χ4n) is 1.66. The molecule has 2 aromatic rings. The molecule has 0 amide bonds. The average Bonchev–Trinajstić information content (AvgIpc) is 2.27. The fourth-order valence-corrected chi connectivity index (χ4v) is 1.84. The maximum atomic E-state index is 3.72. The van der Waals surface area contributed by atoms with E-state index >= 15 is 0 Å². The summed E-state index contributed by atoms with van der Waals surface area (Å²) in [5.74, 6) is 0. The number of benzene rings is 2. The summed E-state index contributed by atoms with van der Waals surface area (Å²) < 4.78 is 0. The van der Waals surface area contributed by atoms with Gasteiger partial charge in [0.1, 0.15) is 0 Å². The molecule has 0 aliphatic rings. The van der Waals surface area contributed by atoms with Gasteiger partial charge in [0.2, 0.25) is 0 Å². The second-order valence-corrected chi connectivity index (χ2v) is 4.26. The van der Waals surface area contributed by atoms with Crippen molar-refractivity contribution in [1.82, 2.24) is 0 Å². The van der Waals surface area contributed by atoms with Crippen molar-refractivity contribution in [1.29, 1.82) is 0 Å². The highest BCUT2D eigenvalue weighted by atomic mass is 28.1. The third kappa shape index (κ3) is 1.73. The van der Waals surface area contributed by atoms with E-state index < -0.39 is 0 Å². The highest BCUT2D eigenvalue weighted by Crippen LogP contribution is 2.21. The molecule has 0 aliphatic carbocycles. The van der Waals surface area contributed by atoms with Crippen LogP contribution >= 0.6 is 0 Å². The molecule has 0 saturated carbocycles. The van der Waals surface area contributed by atoms with Crippen LogP contribution in [0.3, 0.4) is 0 Å². The van der Waals surface area contributed by atoms with Crippen molar-refractivity contribution in [3.63, 3.8) is 0 Å². The molecular weight excluding hydrogens is 184 g/mol. The molecule has 0 N–H and O–H groups in total. The Morgan fingerprint density at radius 1 is 1.07 bits per heavy atom. The molecule has 2 aromatic carbocycles. The number of fused-ring (bicyclic) bond motifs is 1. The smallest absolute Gasteiger partial charge is 0.0331 e. The highest BCUT2D eigenvalue weighted by molar-refractivity contribution is 6.12. The van der Waals surface area contributed by atoms with Crippen LogP contribution in [-0.4, -0.2) is 10.2 Å². The van der Waals surface area contributed by atoms with Crippen LogP contribution in [0.15, 0.2) is 42.5 Å². The van der Waals surface area contributed by atoms with E-state index in [0.717, 1.165) is 6.42 Å². The Labute approximate surface area is 88.4 Å². The van der Waals surface area contributed by atoms with Gasteiger partial charge in [0.15, 0.2) is 0 Å². The quantitative estimate of drug-likeness (QED) is 0.647. The molecule has 69 valence electrons. The van der Waals surface area contributed by atoms with Gasteiger partial charge in [-0.15, -0.1) is 0 Å². The van der Waals surface area contributed by atoms with Crippen LogP contribution in [0.25, 0.3) is 10.8 Å². The molecule has 0 aromatic heterocycles. The van der Waals surface area contributed by atoms with Crippen LogP contribution in [0.4, 0.5) is 0 Å². The zero-order valence-corrected chi connectivity index (χ0v) is 9.33. The topological polar surface area (TPSA) is 0 Å². The largest absolute Gasteiger partial charge is 0.0651 e. The van der Waals surface area contributed by atoms with Gasteiger partial charge in [-0.2, -0.15) is 0 Å². The van der Waals surface area contributed by atoms with Gasteiger partial charge >= 0.3 is 0 Å². The predicted octanol–water partition coefficient (Wildman–Crippen LogP) is 3.46. The molecule has 1 heteroatoms. The summed E-state index contributed by atoms with van der Waals surface area (Å²) >= 11 is 0. The van der Waals surface area contributed by atoms with Crippen molar-refractivity contribution >= 4 is 21.0 Å². The maximum absolute atomic E-state index is 3.72. The molecular formula is C13H13Si. The van der Waals surface area contributed by atoms with Crippen LogP contribution in [0.5, 0.6) is 0 Å². The number of hydrogen-bond donors (Lipinski definition) is 0. The van der Waals surface area contributed by atoms with E-state index in [1.165, 1.54) is 16.3 Å². The minimum Gasteiger partial charge on any atom is -0.0651 e. The molecule has 0 fully saturated rings. The van der Waals surface area contributed by atoms with Crippen molar-refractivity contribution in [2.24, 2.45) is 0 Å². The summed E-state index contributed by atoms with van der Waals surface area (Å²) in [4.78, 5) is 0. The third-order valence-electron chi connectivity index (χ3n) is 2.58. The summed E-state index contributed by atoms with van der Waals surface area (Å²) in [6.07, 6.45) is 1.12. The molecule has 3 radical (unpaired) electrons. The molecule has 0 spiro atoms. The second-order valence-electron chi connectivity index (χ2n) is 3.57. The van der Waals surface area contributed by atoms with Crippen molar-refractivity contribution in [2.75, 3.05) is 0 Å². The van der Waals surface area contributed by atoms with E-state index in [-0.39, 0.29) is 0 Å². The first kappa shape index (κ1) is 9.47. The second kappa shape index (κ2) is 3.97. The van der Waals surface area contributed by atoms with Gasteiger partial charge in [0.05, 0.1) is 0 Å². The Morgan fingerprint density at radius 2 is 1.79 bits per heavy atom. The molecule has 2 rings (SSSR count). The summed E-state index contributed by atoms with van der Waals surface area (Å²) in [6, 6.07) is 15.1. The molecule has 1 unspecified atom stereocenters. The molecule has 0 heterocycles. The van der Waals surface area contributed by atoms with E-state index in [0.29, 0.717) is 5.54 Å². The standard InChI is InChI=1S/C13H13Si/c1-2-13(14)12-8-7-10-5-3-4-6-11(10)9-12/h3-9,13H,2H2,1H3. The van der Waals surface area contributed by atoms with Gasteiger partial charge in [-0.3, -0.25) is 0 Å². The zero-order valence-electron chi connectivity index (χ0n) is 8.33. The Hall–Kier alpha value is -1.08. The van der Waals surface area contributed by atoms with Crippen LogP contribution in [-0.2, 0) is 0 Å². The van der Waals surface area contributed by atoms with Crippen LogP contribution < -0.4 is 0 Å². The van der Waals surface area contributed by atoms with Crippen molar-refractivity contribution in [2.45, 2.75) is 18.9 Å². The van der Waals surface area contributed by atoms with Gasteiger partial charge in [0, 0.05) is 10.2 Å². The van der Waals surface area contributed by atoms with Gasteiger partial charge in [-0.1, -0.05) is 55.8 Å². The highest BCUT2D eigenvalue weighted by Gasteiger charge is 2.02. The molecule has 0 bridgehead atoms. The van der Waals surface area contributed by atoms with Crippen LogP contribution in [0.1, 0.15) is 24.4 Å². The Kier molecular flexibility index (Phi) is 2.68. The number of rotatable bonds is 2.